The summed E-state index contributed by atoms with van der Waals surface area (Å²) in [6.45, 7) is 1.49. The molecule has 1 heterocycles. The second-order valence-corrected chi connectivity index (χ2v) is 6.56. The maximum atomic E-state index is 12.7. The van der Waals surface area contributed by atoms with Crippen LogP contribution in [-0.4, -0.2) is 29.0 Å². The molecule has 0 saturated heterocycles. The Morgan fingerprint density at radius 3 is 2.50 bits per heavy atom. The molecule has 3 aromatic rings. The monoisotopic (exact) mass is 421 g/mol. The first-order valence-corrected chi connectivity index (χ1v) is 9.10. The van der Waals surface area contributed by atoms with Gasteiger partial charge < -0.3 is 4.74 Å². The molecule has 2 aromatic carbocycles. The Morgan fingerprint density at radius 1 is 1.23 bits per heavy atom. The molecular formula is C21H16ClN5O3. The van der Waals surface area contributed by atoms with Crippen LogP contribution in [0.25, 0.3) is 5.69 Å². The first-order valence-electron chi connectivity index (χ1n) is 8.72. The van der Waals surface area contributed by atoms with Crippen LogP contribution in [0.4, 0.5) is 0 Å². The van der Waals surface area contributed by atoms with E-state index >= 15 is 0 Å². The number of carbonyl (C=O) groups is 1. The fourth-order valence-corrected chi connectivity index (χ4v) is 2.74. The van der Waals surface area contributed by atoms with E-state index in [1.54, 1.807) is 48.5 Å². The number of amides is 1. The molecule has 0 atom stereocenters. The Labute approximate surface area is 177 Å². The van der Waals surface area contributed by atoms with Gasteiger partial charge in [-0.05, 0) is 48.9 Å². The van der Waals surface area contributed by atoms with Crippen LogP contribution in [0.5, 0.6) is 5.75 Å². The largest absolute Gasteiger partial charge is 0.497 e. The molecule has 0 radical (unpaired) electrons. The molecule has 1 amide bonds. The number of aromatic nitrogens is 2. The fraction of sp³-hybridized carbons (Fsp3) is 0.0952. The van der Waals surface area contributed by atoms with Crippen molar-refractivity contribution in [3.63, 3.8) is 0 Å². The highest BCUT2D eigenvalue weighted by Crippen LogP contribution is 2.15. The van der Waals surface area contributed by atoms with Gasteiger partial charge in [0.1, 0.15) is 17.4 Å². The van der Waals surface area contributed by atoms with Gasteiger partial charge in [-0.25, -0.2) is 5.43 Å². The molecule has 0 fully saturated rings. The van der Waals surface area contributed by atoms with Gasteiger partial charge in [-0.1, -0.05) is 23.7 Å². The van der Waals surface area contributed by atoms with Gasteiger partial charge in [0.15, 0.2) is 5.69 Å². The maximum Gasteiger partial charge on any atom is 0.292 e. The molecular weight excluding hydrogens is 406 g/mol. The molecule has 0 unspecified atom stereocenters. The molecule has 1 aromatic heterocycles. The highest BCUT2D eigenvalue weighted by atomic mass is 35.5. The second kappa shape index (κ2) is 9.03. The Kier molecular flexibility index (Phi) is 6.25. The van der Waals surface area contributed by atoms with Crippen LogP contribution in [0.2, 0.25) is 5.02 Å². The van der Waals surface area contributed by atoms with Gasteiger partial charge in [-0.3, -0.25) is 9.59 Å². The molecule has 9 heteroatoms. The Balaban J connectivity index is 1.95. The van der Waals surface area contributed by atoms with Crippen molar-refractivity contribution in [1.29, 1.82) is 5.26 Å². The minimum atomic E-state index is -0.656. The van der Waals surface area contributed by atoms with Gasteiger partial charge in [0.25, 0.3) is 11.5 Å². The van der Waals surface area contributed by atoms with E-state index in [1.807, 2.05) is 6.07 Å². The summed E-state index contributed by atoms with van der Waals surface area (Å²) in [4.78, 5) is 25.3. The average Bonchev–Trinajstić information content (AvgIpc) is 2.75. The van der Waals surface area contributed by atoms with Crippen molar-refractivity contribution in [3.8, 4) is 17.5 Å². The van der Waals surface area contributed by atoms with Gasteiger partial charge in [0.05, 0.1) is 19.0 Å². The number of ether oxygens (including phenoxy) is 1. The lowest BCUT2D eigenvalue weighted by atomic mass is 10.1. The number of methoxy groups -OCH3 is 1. The van der Waals surface area contributed by atoms with Crippen LogP contribution in [0.15, 0.2) is 58.4 Å². The number of nitriles is 1. The number of nitrogens with one attached hydrogen (secondary N) is 1. The van der Waals surface area contributed by atoms with E-state index in [4.69, 9.17) is 16.3 Å². The van der Waals surface area contributed by atoms with Crippen molar-refractivity contribution in [2.24, 2.45) is 5.10 Å². The summed E-state index contributed by atoms with van der Waals surface area (Å²) < 4.78 is 6.10. The SMILES string of the molecule is COc1ccc(-n2nc(C(=O)N/N=C/c3ccc(Cl)cc3)c(C)c(C#N)c2=O)cc1. The normalized spacial score (nSPS) is 10.6. The number of carbonyl (C=O) groups excluding carboxylic acids is 1. The van der Waals surface area contributed by atoms with Gasteiger partial charge in [-0.2, -0.15) is 20.1 Å². The summed E-state index contributed by atoms with van der Waals surface area (Å²) in [5.74, 6) is -0.0644. The molecule has 0 aliphatic rings. The number of hydrogen-bond acceptors (Lipinski definition) is 6. The van der Waals surface area contributed by atoms with Crippen molar-refractivity contribution < 1.29 is 9.53 Å². The van der Waals surface area contributed by atoms with E-state index in [0.29, 0.717) is 16.5 Å². The van der Waals surface area contributed by atoms with Crippen molar-refractivity contribution >= 4 is 23.7 Å². The number of benzene rings is 2. The average molecular weight is 422 g/mol. The molecule has 30 heavy (non-hydrogen) atoms. The van der Waals surface area contributed by atoms with Gasteiger partial charge in [0, 0.05) is 10.6 Å². The molecule has 8 nitrogen and oxygen atoms in total. The minimum Gasteiger partial charge on any atom is -0.497 e. The number of rotatable bonds is 5. The summed E-state index contributed by atoms with van der Waals surface area (Å²) in [6.07, 6.45) is 1.44. The Hall–Kier alpha value is -3.96. The molecule has 0 aliphatic carbocycles. The van der Waals surface area contributed by atoms with Crippen LogP contribution in [-0.2, 0) is 0 Å². The van der Waals surface area contributed by atoms with Crippen LogP contribution in [0.3, 0.4) is 0 Å². The lowest BCUT2D eigenvalue weighted by molar-refractivity contribution is 0.0947. The highest BCUT2D eigenvalue weighted by Gasteiger charge is 2.20. The van der Waals surface area contributed by atoms with Crippen LogP contribution in [0, 0.1) is 18.3 Å². The van der Waals surface area contributed by atoms with Crippen molar-refractivity contribution in [1.82, 2.24) is 15.2 Å². The van der Waals surface area contributed by atoms with E-state index in [1.165, 1.54) is 20.2 Å². The summed E-state index contributed by atoms with van der Waals surface area (Å²) in [6, 6.07) is 15.2. The zero-order chi connectivity index (χ0) is 21.7. The quantitative estimate of drug-likeness (QED) is 0.503. The van der Waals surface area contributed by atoms with Crippen molar-refractivity contribution in [2.45, 2.75) is 6.92 Å². The summed E-state index contributed by atoms with van der Waals surface area (Å²) in [7, 11) is 1.52. The third-order valence-corrected chi connectivity index (χ3v) is 4.48. The second-order valence-electron chi connectivity index (χ2n) is 6.13. The summed E-state index contributed by atoms with van der Waals surface area (Å²) in [5.41, 5.74) is 2.76. The number of halogens is 1. The summed E-state index contributed by atoms with van der Waals surface area (Å²) >= 11 is 5.83. The molecule has 0 bridgehead atoms. The van der Waals surface area contributed by atoms with Gasteiger partial charge in [-0.15, -0.1) is 0 Å². The Bertz CT molecular complexity index is 1210. The standard InChI is InChI=1S/C21H16ClN5O3/c1-13-18(11-23)21(29)27(16-7-9-17(30-2)10-8-16)26-19(13)20(28)25-24-12-14-3-5-15(22)6-4-14/h3-10,12H,1-2H3,(H,25,28)/b24-12+. The first kappa shape index (κ1) is 20.8. The van der Waals surface area contributed by atoms with Crippen LogP contribution >= 0.6 is 11.6 Å². The Morgan fingerprint density at radius 2 is 1.90 bits per heavy atom. The predicted octanol–water partition coefficient (Wildman–Crippen LogP) is 2.84. The lowest BCUT2D eigenvalue weighted by Crippen LogP contribution is -2.31. The molecule has 3 rings (SSSR count). The highest BCUT2D eigenvalue weighted by molar-refractivity contribution is 6.30. The third-order valence-electron chi connectivity index (χ3n) is 4.23. The van der Waals surface area contributed by atoms with Gasteiger partial charge in [0.2, 0.25) is 0 Å². The molecule has 150 valence electrons. The molecule has 0 aliphatic heterocycles. The number of nitrogens with zero attached hydrogens (tertiary/aromatic N) is 4. The molecule has 0 saturated carbocycles. The third kappa shape index (κ3) is 4.37. The van der Waals surface area contributed by atoms with Crippen molar-refractivity contribution in [3.05, 3.63) is 86.3 Å². The molecule has 0 spiro atoms. The maximum absolute atomic E-state index is 12.7. The summed E-state index contributed by atoms with van der Waals surface area (Å²) in [5, 5.41) is 18.1. The van der Waals surface area contributed by atoms with E-state index in [-0.39, 0.29) is 16.8 Å². The van der Waals surface area contributed by atoms with Crippen LogP contribution < -0.4 is 15.7 Å². The first-order chi connectivity index (χ1) is 14.4. The zero-order valence-electron chi connectivity index (χ0n) is 16.1. The number of hydrazone groups is 1. The van der Waals surface area contributed by atoms with Crippen LogP contribution in [0.1, 0.15) is 27.2 Å². The minimum absolute atomic E-state index is 0.0878. The van der Waals surface area contributed by atoms with Crippen molar-refractivity contribution in [2.75, 3.05) is 7.11 Å². The van der Waals surface area contributed by atoms with E-state index in [9.17, 15) is 14.9 Å². The van der Waals surface area contributed by atoms with E-state index in [2.05, 4.69) is 15.6 Å². The molecule has 1 N–H and O–H groups in total. The lowest BCUT2D eigenvalue weighted by Gasteiger charge is -2.11. The van der Waals surface area contributed by atoms with Gasteiger partial charge >= 0.3 is 0 Å². The zero-order valence-corrected chi connectivity index (χ0v) is 16.8. The fourth-order valence-electron chi connectivity index (χ4n) is 2.62. The topological polar surface area (TPSA) is 109 Å². The van der Waals surface area contributed by atoms with E-state index in [0.717, 1.165) is 10.2 Å². The van der Waals surface area contributed by atoms with E-state index < -0.39 is 11.5 Å². The number of hydrogen-bond donors (Lipinski definition) is 1. The smallest absolute Gasteiger partial charge is 0.292 e. The predicted molar refractivity (Wildman–Crippen MR) is 112 cm³/mol.